The number of hydrogen-bond acceptors (Lipinski definition) is 4. The fraction of sp³-hybridized carbons (Fsp3) is 0. The molecule has 0 saturated heterocycles. The second-order valence-electron chi connectivity index (χ2n) is 0.600. The average Bonchev–Trinajstić information content (AvgIpc) is 0.722. The summed E-state index contributed by atoms with van der Waals surface area (Å²) in [7, 11) is -4.61. The summed E-state index contributed by atoms with van der Waals surface area (Å²) in [5.74, 6) is 0. The predicted octanol–water partition coefficient (Wildman–Crippen LogP) is -8.76. The summed E-state index contributed by atoms with van der Waals surface area (Å²) in [6.45, 7) is 0. The first-order chi connectivity index (χ1) is 2.00. The zero-order valence-electron chi connectivity index (χ0n) is 6.37. The Hall–Kier alpha value is 1.75. The molecule has 0 spiro atoms. The second-order valence-corrected chi connectivity index (χ2v) is 1.80. The standard InChI is InChI=1S/FH.Mg.Na.H4O4Si.2H/c;;;1-5(2,3)4;;/h1H;;;1-4H;;/q;+2;+1;;2*-1/p-1. The molecule has 0 aliphatic carbocycles. The van der Waals surface area contributed by atoms with Crippen LogP contribution in [-0.4, -0.2) is 51.3 Å². The quantitative estimate of drug-likeness (QED) is 0.268. The Morgan fingerprint density at radius 3 is 1.00 bits per heavy atom. The maximum absolute atomic E-state index is 7.33. The molecule has 0 unspecified atom stereocenters. The van der Waals surface area contributed by atoms with Crippen molar-refractivity contribution in [3.8, 4) is 0 Å². The molecule has 8 heteroatoms. The summed E-state index contributed by atoms with van der Waals surface area (Å²) in [4.78, 5) is 29.3. The van der Waals surface area contributed by atoms with Gasteiger partial charge in [0, 0.05) is 0 Å². The molecule has 8 heavy (non-hydrogen) atoms. The molecular formula is H6FMgNaO4Si. The van der Waals surface area contributed by atoms with Crippen LogP contribution in [0.25, 0.3) is 0 Å². The Balaban J connectivity index is -0.00000000800. The predicted molar refractivity (Wildman–Crippen MR) is 22.6 cm³/mol. The minimum Gasteiger partial charge on any atom is -1.00 e. The molecule has 0 heterocycles. The van der Waals surface area contributed by atoms with Crippen molar-refractivity contribution >= 4 is 32.1 Å². The molecule has 0 aromatic rings. The van der Waals surface area contributed by atoms with Crippen molar-refractivity contribution in [1.82, 2.24) is 0 Å². The van der Waals surface area contributed by atoms with Gasteiger partial charge in [0.2, 0.25) is 0 Å². The van der Waals surface area contributed by atoms with Crippen molar-refractivity contribution in [3.63, 3.8) is 0 Å². The topological polar surface area (TPSA) is 80.9 Å². The van der Waals surface area contributed by atoms with E-state index in [0.29, 0.717) is 0 Å². The van der Waals surface area contributed by atoms with Gasteiger partial charge in [-0.15, -0.1) is 0 Å². The van der Waals surface area contributed by atoms with Gasteiger partial charge in [0.05, 0.1) is 0 Å². The summed E-state index contributed by atoms with van der Waals surface area (Å²) in [5, 5.41) is 0. The third-order valence-corrected chi connectivity index (χ3v) is 0. The maximum atomic E-state index is 7.33. The minimum atomic E-state index is -4.61. The first-order valence-electron chi connectivity index (χ1n) is 0.894. The van der Waals surface area contributed by atoms with E-state index < -0.39 is 9.05 Å². The average molecular weight is 164 g/mol. The Labute approximate surface area is 87.8 Å². The molecular weight excluding hydrogens is 158 g/mol. The van der Waals surface area contributed by atoms with E-state index >= 15 is 0 Å². The van der Waals surface area contributed by atoms with Gasteiger partial charge < -0.3 is 26.7 Å². The van der Waals surface area contributed by atoms with Crippen LogP contribution in [0.1, 0.15) is 2.85 Å². The van der Waals surface area contributed by atoms with Crippen LogP contribution in [0.15, 0.2) is 0 Å². The summed E-state index contributed by atoms with van der Waals surface area (Å²) >= 11 is 0. The van der Waals surface area contributed by atoms with Gasteiger partial charge in [-0.25, -0.2) is 0 Å². The molecule has 0 bridgehead atoms. The summed E-state index contributed by atoms with van der Waals surface area (Å²) in [6.07, 6.45) is 0. The molecule has 0 rings (SSSR count). The fourth-order valence-electron chi connectivity index (χ4n) is 0. The molecule has 0 fully saturated rings. The second kappa shape index (κ2) is 8.75. The van der Waals surface area contributed by atoms with Crippen molar-refractivity contribution < 1.29 is 56.3 Å². The van der Waals surface area contributed by atoms with E-state index in [1.165, 1.54) is 0 Å². The summed E-state index contributed by atoms with van der Waals surface area (Å²) < 4.78 is 0. The fourth-order valence-corrected chi connectivity index (χ4v) is 0. The number of rotatable bonds is 0. The molecule has 0 radical (unpaired) electrons. The largest absolute Gasteiger partial charge is 2.00 e. The van der Waals surface area contributed by atoms with Crippen LogP contribution >= 0.6 is 0 Å². The molecule has 0 aliphatic heterocycles. The Bertz CT molecular complexity index is 38.7. The van der Waals surface area contributed by atoms with Gasteiger partial charge >= 0.3 is 61.7 Å². The summed E-state index contributed by atoms with van der Waals surface area (Å²) in [5.41, 5.74) is 0. The van der Waals surface area contributed by atoms with Gasteiger partial charge in [-0.1, -0.05) is 0 Å². The molecule has 0 aromatic heterocycles. The first kappa shape index (κ1) is 22.6. The SMILES string of the molecule is O[Si](O)(O)O.[F-].[H-].[H-].[Mg+2].[Na+]. The Morgan fingerprint density at radius 2 is 1.00 bits per heavy atom. The van der Waals surface area contributed by atoms with Crippen LogP contribution in [0.5, 0.6) is 0 Å². The number of hydrogen-bond donors (Lipinski definition) is 4. The van der Waals surface area contributed by atoms with E-state index in [-0.39, 0.29) is 60.2 Å². The van der Waals surface area contributed by atoms with Crippen LogP contribution in [0.2, 0.25) is 0 Å². The van der Waals surface area contributed by atoms with Gasteiger partial charge in [-0.05, 0) is 0 Å². The van der Waals surface area contributed by atoms with Gasteiger partial charge in [0.25, 0.3) is 0 Å². The van der Waals surface area contributed by atoms with Gasteiger partial charge in [0.15, 0.2) is 0 Å². The van der Waals surface area contributed by atoms with Crippen LogP contribution < -0.4 is 34.3 Å². The van der Waals surface area contributed by atoms with Crippen molar-refractivity contribution in [3.05, 3.63) is 0 Å². The van der Waals surface area contributed by atoms with E-state index in [1.807, 2.05) is 0 Å². The third kappa shape index (κ3) is 115. The van der Waals surface area contributed by atoms with Crippen molar-refractivity contribution in [2.75, 3.05) is 0 Å². The molecule has 4 N–H and O–H groups in total. The molecule has 0 atom stereocenters. The first-order valence-corrected chi connectivity index (χ1v) is 2.68. The van der Waals surface area contributed by atoms with Crippen molar-refractivity contribution in [2.45, 2.75) is 0 Å². The molecule has 4 nitrogen and oxygen atoms in total. The molecule has 0 aliphatic rings. The molecule has 0 aromatic carbocycles. The number of halogens is 1. The molecule has 0 amide bonds. The zero-order chi connectivity index (χ0) is 4.50. The molecule has 0 saturated carbocycles. The van der Waals surface area contributed by atoms with E-state index in [0.717, 1.165) is 0 Å². The minimum absolute atomic E-state index is 0. The Kier molecular flexibility index (Phi) is 24.7. The maximum Gasteiger partial charge on any atom is 2.00 e. The van der Waals surface area contributed by atoms with Crippen LogP contribution in [-0.2, 0) is 0 Å². The Morgan fingerprint density at radius 1 is 1.00 bits per heavy atom. The van der Waals surface area contributed by atoms with Crippen molar-refractivity contribution in [1.29, 1.82) is 0 Å². The third-order valence-electron chi connectivity index (χ3n) is 0. The van der Waals surface area contributed by atoms with Crippen molar-refractivity contribution in [2.24, 2.45) is 0 Å². The normalized spacial score (nSPS) is 7.50. The van der Waals surface area contributed by atoms with E-state index in [9.17, 15) is 0 Å². The monoisotopic (exact) mass is 164 g/mol. The summed E-state index contributed by atoms with van der Waals surface area (Å²) in [6, 6.07) is 0. The van der Waals surface area contributed by atoms with Gasteiger partial charge in [0.1, 0.15) is 0 Å². The van der Waals surface area contributed by atoms with Gasteiger partial charge in [-0.3, -0.25) is 0 Å². The van der Waals surface area contributed by atoms with E-state index in [2.05, 4.69) is 0 Å². The van der Waals surface area contributed by atoms with Crippen LogP contribution in [0.3, 0.4) is 0 Å². The molecule has 44 valence electrons. The zero-order valence-corrected chi connectivity index (χ0v) is 8.79. The van der Waals surface area contributed by atoms with Gasteiger partial charge in [-0.2, -0.15) is 0 Å². The van der Waals surface area contributed by atoms with Crippen LogP contribution in [0.4, 0.5) is 0 Å². The van der Waals surface area contributed by atoms with E-state index in [4.69, 9.17) is 19.2 Å². The smallest absolute Gasteiger partial charge is 1.00 e. The van der Waals surface area contributed by atoms with Crippen LogP contribution in [0, 0.1) is 0 Å². The van der Waals surface area contributed by atoms with E-state index in [1.54, 1.807) is 0 Å².